The van der Waals surface area contributed by atoms with Crippen LogP contribution in [0.25, 0.3) is 0 Å². The lowest BCUT2D eigenvalue weighted by atomic mass is 9.96. The third-order valence-corrected chi connectivity index (χ3v) is 5.03. The number of rotatable bonds is 5. The molecule has 2 rings (SSSR count). The summed E-state index contributed by atoms with van der Waals surface area (Å²) >= 11 is 2.55. The number of carbonyl (C=O) groups excluding carboxylic acids is 2. The van der Waals surface area contributed by atoms with Crippen LogP contribution in [0.4, 0.5) is 10.8 Å². The Morgan fingerprint density at radius 1 is 1.17 bits per heavy atom. The van der Waals surface area contributed by atoms with Crippen molar-refractivity contribution < 1.29 is 9.59 Å². The average molecular weight is 364 g/mol. The highest BCUT2D eigenvalue weighted by Crippen LogP contribution is 2.27. The van der Waals surface area contributed by atoms with Gasteiger partial charge in [0.2, 0.25) is 16.9 Å². The molecule has 0 bridgehead atoms. The number of aryl methyl sites for hydroxylation is 1. The molecule has 1 aromatic carbocycles. The molecule has 2 aromatic rings. The van der Waals surface area contributed by atoms with E-state index in [-0.39, 0.29) is 17.6 Å². The molecule has 0 saturated carbocycles. The summed E-state index contributed by atoms with van der Waals surface area (Å²) in [7, 11) is 0. The van der Waals surface area contributed by atoms with Crippen LogP contribution in [0.15, 0.2) is 28.6 Å². The van der Waals surface area contributed by atoms with Crippen LogP contribution in [0.5, 0.6) is 0 Å². The molecule has 0 atom stereocenters. The topological polar surface area (TPSA) is 84.0 Å². The Kier molecular flexibility index (Phi) is 5.95. The third kappa shape index (κ3) is 5.31. The molecule has 0 aliphatic rings. The summed E-state index contributed by atoms with van der Waals surface area (Å²) in [6.07, 6.45) is 0. The molecule has 0 fully saturated rings. The fourth-order valence-electron chi connectivity index (χ4n) is 1.63. The van der Waals surface area contributed by atoms with Gasteiger partial charge < -0.3 is 10.6 Å². The van der Waals surface area contributed by atoms with Crippen molar-refractivity contribution in [3.8, 4) is 0 Å². The number of carbonyl (C=O) groups is 2. The molecule has 1 heterocycles. The van der Waals surface area contributed by atoms with E-state index in [1.807, 2.05) is 52.0 Å². The molecule has 0 radical (unpaired) electrons. The van der Waals surface area contributed by atoms with Crippen molar-refractivity contribution in [2.45, 2.75) is 32.0 Å². The van der Waals surface area contributed by atoms with Gasteiger partial charge in [0.15, 0.2) is 4.34 Å². The number of anilines is 2. The Labute approximate surface area is 149 Å². The first-order valence-electron chi connectivity index (χ1n) is 7.39. The number of aromatic nitrogens is 2. The van der Waals surface area contributed by atoms with Crippen LogP contribution in [0.2, 0.25) is 0 Å². The summed E-state index contributed by atoms with van der Waals surface area (Å²) in [6, 6.07) is 7.61. The molecule has 8 heteroatoms. The van der Waals surface area contributed by atoms with E-state index in [1.165, 1.54) is 23.1 Å². The summed E-state index contributed by atoms with van der Waals surface area (Å²) in [5.41, 5.74) is 1.32. The van der Waals surface area contributed by atoms with Crippen molar-refractivity contribution in [3.05, 3.63) is 29.8 Å². The number of nitrogens with zero attached hydrogens (tertiary/aromatic N) is 2. The Balaban J connectivity index is 1.86. The van der Waals surface area contributed by atoms with Crippen molar-refractivity contribution in [2.75, 3.05) is 16.4 Å². The van der Waals surface area contributed by atoms with Gasteiger partial charge in [0.05, 0.1) is 5.75 Å². The molecule has 6 nitrogen and oxygen atoms in total. The molecule has 0 spiro atoms. The number of amides is 2. The highest BCUT2D eigenvalue weighted by molar-refractivity contribution is 8.01. The zero-order valence-electron chi connectivity index (χ0n) is 14.0. The van der Waals surface area contributed by atoms with Gasteiger partial charge in [-0.1, -0.05) is 62.1 Å². The quantitative estimate of drug-likeness (QED) is 0.626. The van der Waals surface area contributed by atoms with Crippen molar-refractivity contribution in [1.29, 1.82) is 0 Å². The standard InChI is InChI=1S/C16H20N4O2S2/c1-10-7-5-6-8-11(10)17-12(21)9-23-15-20-19-14(24-15)18-13(22)16(2,3)4/h5-8H,9H2,1-4H3,(H,17,21)(H,18,19,22). The number of thioether (sulfide) groups is 1. The van der Waals surface area contributed by atoms with Crippen LogP contribution >= 0.6 is 23.1 Å². The summed E-state index contributed by atoms with van der Waals surface area (Å²) < 4.78 is 0.638. The van der Waals surface area contributed by atoms with Gasteiger partial charge in [0, 0.05) is 11.1 Å². The van der Waals surface area contributed by atoms with Crippen molar-refractivity contribution in [2.24, 2.45) is 5.41 Å². The maximum absolute atomic E-state index is 12.0. The largest absolute Gasteiger partial charge is 0.325 e. The zero-order chi connectivity index (χ0) is 17.7. The normalized spacial score (nSPS) is 11.2. The Morgan fingerprint density at radius 2 is 1.88 bits per heavy atom. The van der Waals surface area contributed by atoms with Crippen molar-refractivity contribution in [3.63, 3.8) is 0 Å². The number of hydrogen-bond acceptors (Lipinski definition) is 6. The fourth-order valence-corrected chi connectivity index (χ4v) is 3.18. The SMILES string of the molecule is Cc1ccccc1NC(=O)CSc1nnc(NC(=O)C(C)(C)C)s1. The van der Waals surface area contributed by atoms with Gasteiger partial charge in [0.1, 0.15) is 0 Å². The van der Waals surface area contributed by atoms with E-state index >= 15 is 0 Å². The average Bonchev–Trinajstić information content (AvgIpc) is 2.94. The molecular formula is C16H20N4O2S2. The van der Waals surface area contributed by atoms with Crippen LogP contribution in [-0.4, -0.2) is 27.8 Å². The molecule has 24 heavy (non-hydrogen) atoms. The van der Waals surface area contributed by atoms with Crippen molar-refractivity contribution in [1.82, 2.24) is 10.2 Å². The molecule has 0 aliphatic carbocycles. The first kappa shape index (κ1) is 18.4. The van der Waals surface area contributed by atoms with Crippen LogP contribution in [0.1, 0.15) is 26.3 Å². The zero-order valence-corrected chi connectivity index (χ0v) is 15.7. The number of para-hydroxylation sites is 1. The Bertz CT molecular complexity index is 738. The summed E-state index contributed by atoms with van der Waals surface area (Å²) in [6.45, 7) is 7.43. The second kappa shape index (κ2) is 7.76. The van der Waals surface area contributed by atoms with Gasteiger partial charge >= 0.3 is 0 Å². The second-order valence-corrected chi connectivity index (χ2v) is 8.43. The van der Waals surface area contributed by atoms with Gasteiger partial charge in [-0.05, 0) is 18.6 Å². The van der Waals surface area contributed by atoms with Gasteiger partial charge in [-0.25, -0.2) is 0 Å². The first-order valence-corrected chi connectivity index (χ1v) is 9.19. The molecule has 0 saturated heterocycles. The lowest BCUT2D eigenvalue weighted by molar-refractivity contribution is -0.123. The predicted octanol–water partition coefficient (Wildman–Crippen LogP) is 3.56. The highest BCUT2D eigenvalue weighted by atomic mass is 32.2. The van der Waals surface area contributed by atoms with Crippen LogP contribution < -0.4 is 10.6 Å². The summed E-state index contributed by atoms with van der Waals surface area (Å²) in [4.78, 5) is 23.9. The monoisotopic (exact) mass is 364 g/mol. The predicted molar refractivity (Wildman–Crippen MR) is 98.5 cm³/mol. The molecule has 0 unspecified atom stereocenters. The van der Waals surface area contributed by atoms with E-state index in [0.717, 1.165) is 11.3 Å². The van der Waals surface area contributed by atoms with Gasteiger partial charge in [-0.15, -0.1) is 10.2 Å². The maximum Gasteiger partial charge on any atom is 0.234 e. The van der Waals surface area contributed by atoms with E-state index in [9.17, 15) is 9.59 Å². The molecule has 0 aliphatic heterocycles. The summed E-state index contributed by atoms with van der Waals surface area (Å²) in [5.74, 6) is 0.00758. The minimum absolute atomic E-state index is 0.107. The molecule has 128 valence electrons. The van der Waals surface area contributed by atoms with Crippen LogP contribution in [0.3, 0.4) is 0 Å². The van der Waals surface area contributed by atoms with Gasteiger partial charge in [-0.2, -0.15) is 0 Å². The first-order chi connectivity index (χ1) is 11.3. The number of nitrogens with one attached hydrogen (secondary N) is 2. The minimum Gasteiger partial charge on any atom is -0.325 e. The molecule has 2 amide bonds. The van der Waals surface area contributed by atoms with E-state index in [1.54, 1.807) is 0 Å². The minimum atomic E-state index is -0.494. The fraction of sp³-hybridized carbons (Fsp3) is 0.375. The van der Waals surface area contributed by atoms with Crippen LogP contribution in [-0.2, 0) is 9.59 Å². The molecule has 1 aromatic heterocycles. The van der Waals surface area contributed by atoms with Gasteiger partial charge in [-0.3, -0.25) is 9.59 Å². The van der Waals surface area contributed by atoms with E-state index in [0.29, 0.717) is 9.47 Å². The number of benzene rings is 1. The van der Waals surface area contributed by atoms with Crippen molar-refractivity contribution >= 4 is 45.7 Å². The lowest BCUT2D eigenvalue weighted by Crippen LogP contribution is -2.27. The van der Waals surface area contributed by atoms with E-state index in [4.69, 9.17) is 0 Å². The van der Waals surface area contributed by atoms with E-state index < -0.39 is 5.41 Å². The maximum atomic E-state index is 12.0. The third-order valence-electron chi connectivity index (χ3n) is 3.05. The van der Waals surface area contributed by atoms with E-state index in [2.05, 4.69) is 20.8 Å². The lowest BCUT2D eigenvalue weighted by Gasteiger charge is -2.15. The molecular weight excluding hydrogens is 344 g/mol. The summed E-state index contributed by atoms with van der Waals surface area (Å²) in [5, 5.41) is 14.0. The van der Waals surface area contributed by atoms with Gasteiger partial charge in [0.25, 0.3) is 0 Å². The molecule has 2 N–H and O–H groups in total. The second-order valence-electron chi connectivity index (χ2n) is 6.23. The highest BCUT2D eigenvalue weighted by Gasteiger charge is 2.22. The Morgan fingerprint density at radius 3 is 2.54 bits per heavy atom. The van der Waals surface area contributed by atoms with Crippen LogP contribution in [0, 0.1) is 12.3 Å². The Hall–Kier alpha value is -1.93. The smallest absolute Gasteiger partial charge is 0.234 e. The number of hydrogen-bond donors (Lipinski definition) is 2.